The fraction of sp³-hybridized carbons (Fsp3) is 0. The topological polar surface area (TPSA) is 43.3 Å². The summed E-state index contributed by atoms with van der Waals surface area (Å²) < 4.78 is 8.59. The van der Waals surface area contributed by atoms with Crippen LogP contribution in [0.25, 0.3) is 82.3 Å². The summed E-state index contributed by atoms with van der Waals surface area (Å²) in [5.74, 6) is 0. The van der Waals surface area contributed by atoms with Crippen molar-refractivity contribution in [3.63, 3.8) is 0 Å². The van der Waals surface area contributed by atoms with Crippen LogP contribution in [0.5, 0.6) is 0 Å². The lowest BCUT2D eigenvalue weighted by Gasteiger charge is -2.07. The van der Waals surface area contributed by atoms with Crippen molar-refractivity contribution in [3.05, 3.63) is 116 Å². The van der Waals surface area contributed by atoms with Gasteiger partial charge in [-0.15, -0.1) is 0 Å². The molecule has 0 atom stereocenters. The van der Waals surface area contributed by atoms with Gasteiger partial charge in [-0.05, 0) is 47.0 Å². The number of nitrogens with zero attached hydrogens (tertiary/aromatic N) is 3. The van der Waals surface area contributed by atoms with Crippen LogP contribution in [0.15, 0.2) is 120 Å². The summed E-state index contributed by atoms with van der Waals surface area (Å²) in [6.07, 6.45) is 7.65. The van der Waals surface area contributed by atoms with Crippen molar-refractivity contribution >= 4 is 60.0 Å². The molecule has 38 heavy (non-hydrogen) atoms. The molecule has 5 aromatic heterocycles. The second-order valence-electron chi connectivity index (χ2n) is 9.90. The molecule has 4 nitrogen and oxygen atoms in total. The Morgan fingerprint density at radius 3 is 1.92 bits per heavy atom. The van der Waals surface area contributed by atoms with Crippen molar-refractivity contribution in [1.82, 2.24) is 14.4 Å². The molecule has 0 unspecified atom stereocenters. The van der Waals surface area contributed by atoms with Gasteiger partial charge in [-0.2, -0.15) is 0 Å². The van der Waals surface area contributed by atoms with Crippen molar-refractivity contribution in [2.45, 2.75) is 0 Å². The van der Waals surface area contributed by atoms with E-state index in [0.29, 0.717) is 0 Å². The molecule has 5 heterocycles. The molecule has 9 rings (SSSR count). The third-order valence-electron chi connectivity index (χ3n) is 7.93. The SMILES string of the molecule is c1ccc2c(c1)oc1c(-c3ccc(-c4cc5c6ccncc6n6c7cnccc7c(c4)c56)cc3)cccc12. The molecule has 0 spiro atoms. The van der Waals surface area contributed by atoms with E-state index >= 15 is 0 Å². The predicted molar refractivity (Wildman–Crippen MR) is 155 cm³/mol. The number of para-hydroxylation sites is 2. The van der Waals surface area contributed by atoms with Crippen molar-refractivity contribution in [2.24, 2.45) is 0 Å². The molecule has 0 amide bonds. The van der Waals surface area contributed by atoms with Crippen LogP contribution in [0.2, 0.25) is 0 Å². The Morgan fingerprint density at radius 1 is 0.526 bits per heavy atom. The van der Waals surface area contributed by atoms with Gasteiger partial charge in [0.2, 0.25) is 0 Å². The number of aromatic nitrogens is 3. The third kappa shape index (κ3) is 2.53. The van der Waals surface area contributed by atoms with Gasteiger partial charge in [0.1, 0.15) is 11.2 Å². The van der Waals surface area contributed by atoms with Gasteiger partial charge in [-0.25, -0.2) is 0 Å². The lowest BCUT2D eigenvalue weighted by molar-refractivity contribution is 0.670. The number of furan rings is 1. The minimum atomic E-state index is 0.919. The lowest BCUT2D eigenvalue weighted by Crippen LogP contribution is -1.82. The van der Waals surface area contributed by atoms with E-state index in [1.54, 1.807) is 0 Å². The summed E-state index contributed by atoms with van der Waals surface area (Å²) in [5, 5.41) is 7.19. The van der Waals surface area contributed by atoms with E-state index in [9.17, 15) is 0 Å². The molecule has 176 valence electrons. The second kappa shape index (κ2) is 7.17. The van der Waals surface area contributed by atoms with Gasteiger partial charge in [0.05, 0.1) is 28.9 Å². The average Bonchev–Trinajstić information content (AvgIpc) is 3.64. The van der Waals surface area contributed by atoms with Gasteiger partial charge in [-0.1, -0.05) is 60.7 Å². The first-order chi connectivity index (χ1) is 18.8. The molecular weight excluding hydrogens is 466 g/mol. The molecule has 0 aliphatic heterocycles. The van der Waals surface area contributed by atoms with Gasteiger partial charge >= 0.3 is 0 Å². The monoisotopic (exact) mass is 485 g/mol. The van der Waals surface area contributed by atoms with Gasteiger partial charge in [0.25, 0.3) is 0 Å². The molecule has 0 aliphatic carbocycles. The summed E-state index contributed by atoms with van der Waals surface area (Å²) in [4.78, 5) is 8.84. The van der Waals surface area contributed by atoms with Gasteiger partial charge in [0.15, 0.2) is 0 Å². The standard InChI is InChI=1S/C34H19N3O/c1-2-7-32-26(4-1)27-6-3-5-23(34(27)38-32)21-10-8-20(9-11-21)22-16-28-24-12-14-35-18-30(24)37-31-19-36-15-13-25(31)29(17-22)33(28)37/h1-19H. The quantitative estimate of drug-likeness (QED) is 0.246. The highest BCUT2D eigenvalue weighted by Crippen LogP contribution is 2.42. The van der Waals surface area contributed by atoms with Crippen molar-refractivity contribution in [1.29, 1.82) is 0 Å². The molecule has 9 aromatic rings. The van der Waals surface area contributed by atoms with E-state index in [-0.39, 0.29) is 0 Å². The van der Waals surface area contributed by atoms with Crippen LogP contribution in [0, 0.1) is 0 Å². The summed E-state index contributed by atoms with van der Waals surface area (Å²) >= 11 is 0. The van der Waals surface area contributed by atoms with E-state index < -0.39 is 0 Å². The Balaban J connectivity index is 1.25. The maximum absolute atomic E-state index is 6.29. The largest absolute Gasteiger partial charge is 0.455 e. The van der Waals surface area contributed by atoms with Gasteiger partial charge < -0.3 is 8.82 Å². The Kier molecular flexibility index (Phi) is 3.76. The minimum Gasteiger partial charge on any atom is -0.455 e. The molecule has 0 N–H and O–H groups in total. The third-order valence-corrected chi connectivity index (χ3v) is 7.93. The van der Waals surface area contributed by atoms with Crippen LogP contribution in [0.1, 0.15) is 0 Å². The smallest absolute Gasteiger partial charge is 0.143 e. The van der Waals surface area contributed by atoms with Crippen molar-refractivity contribution in [2.75, 3.05) is 0 Å². The lowest BCUT2D eigenvalue weighted by atomic mass is 9.96. The maximum Gasteiger partial charge on any atom is 0.143 e. The van der Waals surface area contributed by atoms with E-state index in [1.807, 2.05) is 36.9 Å². The molecule has 0 saturated heterocycles. The number of rotatable bonds is 2. The van der Waals surface area contributed by atoms with Gasteiger partial charge in [0, 0.05) is 50.3 Å². The fourth-order valence-electron chi connectivity index (χ4n) is 6.22. The molecule has 4 heteroatoms. The Labute approximate surface area is 216 Å². The number of hydrogen-bond acceptors (Lipinski definition) is 3. The van der Waals surface area contributed by atoms with Crippen LogP contribution in [0.3, 0.4) is 0 Å². The van der Waals surface area contributed by atoms with E-state index in [2.05, 4.69) is 93.2 Å². The molecule has 0 saturated carbocycles. The number of pyridine rings is 2. The van der Waals surface area contributed by atoms with Crippen LogP contribution in [-0.4, -0.2) is 14.4 Å². The zero-order chi connectivity index (χ0) is 24.8. The summed E-state index contributed by atoms with van der Waals surface area (Å²) in [5.41, 5.74) is 9.93. The zero-order valence-electron chi connectivity index (χ0n) is 20.2. The average molecular weight is 486 g/mol. The predicted octanol–water partition coefficient (Wildman–Crippen LogP) is 8.86. The number of fused-ring (bicyclic) bond motifs is 9. The van der Waals surface area contributed by atoms with Crippen molar-refractivity contribution < 1.29 is 4.42 Å². The van der Waals surface area contributed by atoms with E-state index in [0.717, 1.165) is 44.1 Å². The first kappa shape index (κ1) is 19.9. The van der Waals surface area contributed by atoms with Crippen molar-refractivity contribution in [3.8, 4) is 22.3 Å². The minimum absolute atomic E-state index is 0.919. The number of hydrogen-bond donors (Lipinski definition) is 0. The van der Waals surface area contributed by atoms with Crippen LogP contribution in [-0.2, 0) is 0 Å². The summed E-state index contributed by atoms with van der Waals surface area (Å²) in [7, 11) is 0. The van der Waals surface area contributed by atoms with Crippen LogP contribution in [0.4, 0.5) is 0 Å². The normalized spacial score (nSPS) is 12.2. The van der Waals surface area contributed by atoms with E-state index in [4.69, 9.17) is 4.42 Å². The maximum atomic E-state index is 6.29. The second-order valence-corrected chi connectivity index (χ2v) is 9.90. The van der Waals surface area contributed by atoms with E-state index in [1.165, 1.54) is 38.2 Å². The Hall–Kier alpha value is -5.22. The Bertz CT molecular complexity index is 2260. The zero-order valence-corrected chi connectivity index (χ0v) is 20.2. The van der Waals surface area contributed by atoms with Crippen LogP contribution < -0.4 is 0 Å². The fourth-order valence-corrected chi connectivity index (χ4v) is 6.22. The highest BCUT2D eigenvalue weighted by atomic mass is 16.3. The molecule has 0 radical (unpaired) electrons. The van der Waals surface area contributed by atoms with Crippen LogP contribution >= 0.6 is 0 Å². The summed E-state index contributed by atoms with van der Waals surface area (Å²) in [6, 6.07) is 32.3. The molecule has 4 aromatic carbocycles. The molecule has 0 fully saturated rings. The highest BCUT2D eigenvalue weighted by molar-refractivity contribution is 6.24. The summed E-state index contributed by atoms with van der Waals surface area (Å²) in [6.45, 7) is 0. The highest BCUT2D eigenvalue weighted by Gasteiger charge is 2.19. The molecular formula is C34H19N3O. The Morgan fingerprint density at radius 2 is 1.18 bits per heavy atom. The first-order valence-electron chi connectivity index (χ1n) is 12.7. The molecule has 0 bridgehead atoms. The first-order valence-corrected chi connectivity index (χ1v) is 12.7. The molecule has 0 aliphatic rings. The van der Waals surface area contributed by atoms with Gasteiger partial charge in [-0.3, -0.25) is 9.97 Å². The number of benzene rings is 4.